The predicted molar refractivity (Wildman–Crippen MR) is 61.7 cm³/mol. The van der Waals surface area contributed by atoms with Crippen LogP contribution in [0.5, 0.6) is 0 Å². The molecule has 0 atom stereocenters. The van der Waals surface area contributed by atoms with Crippen LogP contribution in [0.2, 0.25) is 0 Å². The lowest BCUT2D eigenvalue weighted by molar-refractivity contribution is 0.559. The Labute approximate surface area is 90.4 Å². The summed E-state index contributed by atoms with van der Waals surface area (Å²) in [5.74, 6) is 0. The molecule has 2 heterocycles. The van der Waals surface area contributed by atoms with E-state index >= 15 is 0 Å². The zero-order chi connectivity index (χ0) is 11.2. The van der Waals surface area contributed by atoms with Crippen molar-refractivity contribution in [3.8, 4) is 0 Å². The maximum atomic E-state index is 11.9. The lowest BCUT2D eigenvalue weighted by atomic mass is 10.3. The molecule has 0 amide bonds. The second-order valence-electron chi connectivity index (χ2n) is 3.75. The van der Waals surface area contributed by atoms with Crippen LogP contribution in [0.25, 0.3) is 10.2 Å². The minimum atomic E-state index is -0.245. The second kappa shape index (κ2) is 3.34. The molecule has 4 nitrogen and oxygen atoms in total. The first-order valence-corrected chi connectivity index (χ1v) is 5.60. The Bertz CT molecular complexity index is 618. The van der Waals surface area contributed by atoms with Crippen molar-refractivity contribution in [1.29, 1.82) is 0 Å². The van der Waals surface area contributed by atoms with E-state index in [9.17, 15) is 9.59 Å². The second-order valence-corrected chi connectivity index (χ2v) is 4.64. The number of aromatic nitrogens is 2. The van der Waals surface area contributed by atoms with Gasteiger partial charge in [0.1, 0.15) is 4.83 Å². The van der Waals surface area contributed by atoms with Crippen LogP contribution >= 0.6 is 11.3 Å². The number of rotatable bonds is 1. The fraction of sp³-hybridized carbons (Fsp3) is 0.400. The lowest BCUT2D eigenvalue weighted by Crippen LogP contribution is -2.38. The van der Waals surface area contributed by atoms with E-state index in [1.165, 1.54) is 18.4 Å². The number of nitrogens with zero attached hydrogens (tertiary/aromatic N) is 2. The number of hydrogen-bond donors (Lipinski definition) is 0. The van der Waals surface area contributed by atoms with Crippen LogP contribution in [0.1, 0.15) is 19.9 Å². The minimum Gasteiger partial charge on any atom is -0.282 e. The van der Waals surface area contributed by atoms with Gasteiger partial charge in [0.05, 0.1) is 5.39 Å². The van der Waals surface area contributed by atoms with Gasteiger partial charge in [-0.15, -0.1) is 11.3 Å². The Hall–Kier alpha value is -1.36. The van der Waals surface area contributed by atoms with Crippen molar-refractivity contribution in [3.63, 3.8) is 0 Å². The topological polar surface area (TPSA) is 44.0 Å². The molecule has 2 aromatic rings. The van der Waals surface area contributed by atoms with Crippen molar-refractivity contribution in [1.82, 2.24) is 9.13 Å². The Morgan fingerprint density at radius 1 is 1.33 bits per heavy atom. The number of thiophene rings is 1. The Balaban J connectivity index is 3.08. The monoisotopic (exact) mass is 224 g/mol. The van der Waals surface area contributed by atoms with Crippen molar-refractivity contribution in [2.24, 2.45) is 7.05 Å². The van der Waals surface area contributed by atoms with Crippen LogP contribution in [0.4, 0.5) is 0 Å². The van der Waals surface area contributed by atoms with Gasteiger partial charge in [-0.3, -0.25) is 13.9 Å². The van der Waals surface area contributed by atoms with Crippen LogP contribution in [0.3, 0.4) is 0 Å². The molecule has 0 saturated carbocycles. The van der Waals surface area contributed by atoms with E-state index in [2.05, 4.69) is 0 Å². The molecule has 15 heavy (non-hydrogen) atoms. The summed E-state index contributed by atoms with van der Waals surface area (Å²) in [6.07, 6.45) is 0. The number of fused-ring (bicyclic) bond motifs is 1. The zero-order valence-corrected chi connectivity index (χ0v) is 9.67. The highest BCUT2D eigenvalue weighted by Gasteiger charge is 2.13. The van der Waals surface area contributed by atoms with Crippen molar-refractivity contribution in [2.45, 2.75) is 19.9 Å². The standard InChI is InChI=1S/C10H12N2O2S/c1-6(2)12-9-7(4-5-15-9)8(13)11(3)10(12)14/h4-6H,1-3H3. The van der Waals surface area contributed by atoms with Gasteiger partial charge in [-0.2, -0.15) is 0 Å². The first-order valence-electron chi connectivity index (χ1n) is 4.72. The van der Waals surface area contributed by atoms with Crippen LogP contribution < -0.4 is 11.2 Å². The van der Waals surface area contributed by atoms with Crippen molar-refractivity contribution >= 4 is 21.6 Å². The summed E-state index contributed by atoms with van der Waals surface area (Å²) in [6, 6.07) is 1.83. The van der Waals surface area contributed by atoms with Gasteiger partial charge in [0, 0.05) is 13.1 Å². The highest BCUT2D eigenvalue weighted by atomic mass is 32.1. The molecule has 0 saturated heterocycles. The highest BCUT2D eigenvalue weighted by Crippen LogP contribution is 2.18. The minimum absolute atomic E-state index is 0.0606. The average molecular weight is 224 g/mol. The van der Waals surface area contributed by atoms with E-state index in [0.717, 1.165) is 9.40 Å². The van der Waals surface area contributed by atoms with E-state index in [-0.39, 0.29) is 17.3 Å². The van der Waals surface area contributed by atoms with Crippen LogP contribution in [-0.2, 0) is 7.05 Å². The summed E-state index contributed by atoms with van der Waals surface area (Å²) in [4.78, 5) is 24.4. The third-order valence-electron chi connectivity index (χ3n) is 2.41. The van der Waals surface area contributed by atoms with E-state index in [1.54, 1.807) is 10.6 Å². The average Bonchev–Trinajstić information content (AvgIpc) is 2.62. The molecule has 2 aromatic heterocycles. The summed E-state index contributed by atoms with van der Waals surface area (Å²) < 4.78 is 2.82. The molecule has 0 unspecified atom stereocenters. The van der Waals surface area contributed by atoms with Crippen molar-refractivity contribution in [3.05, 3.63) is 32.3 Å². The SMILES string of the molecule is CC(C)n1c(=O)n(C)c(=O)c2ccsc21. The molecule has 80 valence electrons. The third-order valence-corrected chi connectivity index (χ3v) is 3.32. The smallest absolute Gasteiger partial charge is 0.282 e. The highest BCUT2D eigenvalue weighted by molar-refractivity contribution is 7.16. The molecule has 0 aromatic carbocycles. The molecule has 0 aliphatic heterocycles. The van der Waals surface area contributed by atoms with Gasteiger partial charge >= 0.3 is 5.69 Å². The Morgan fingerprint density at radius 2 is 2.00 bits per heavy atom. The first-order chi connectivity index (χ1) is 7.04. The van der Waals surface area contributed by atoms with Crippen LogP contribution in [-0.4, -0.2) is 9.13 Å². The fourth-order valence-corrected chi connectivity index (χ4v) is 2.64. The molecule has 0 aliphatic carbocycles. The normalized spacial score (nSPS) is 11.5. The summed E-state index contributed by atoms with van der Waals surface area (Å²) in [7, 11) is 1.51. The third kappa shape index (κ3) is 1.34. The van der Waals surface area contributed by atoms with E-state index in [0.29, 0.717) is 5.39 Å². The molecular weight excluding hydrogens is 212 g/mol. The largest absolute Gasteiger partial charge is 0.332 e. The molecule has 0 N–H and O–H groups in total. The predicted octanol–water partition coefficient (Wildman–Crippen LogP) is 1.34. The Kier molecular flexibility index (Phi) is 2.26. The van der Waals surface area contributed by atoms with Gasteiger partial charge in [-0.05, 0) is 25.3 Å². The molecule has 5 heteroatoms. The van der Waals surface area contributed by atoms with Crippen molar-refractivity contribution < 1.29 is 0 Å². The summed E-state index contributed by atoms with van der Waals surface area (Å²) in [5.41, 5.74) is -0.460. The van der Waals surface area contributed by atoms with E-state index in [4.69, 9.17) is 0 Å². The molecule has 0 aliphatic rings. The molecule has 0 fully saturated rings. The van der Waals surface area contributed by atoms with Crippen molar-refractivity contribution in [2.75, 3.05) is 0 Å². The maximum absolute atomic E-state index is 11.9. The van der Waals surface area contributed by atoms with Gasteiger partial charge in [0.25, 0.3) is 5.56 Å². The van der Waals surface area contributed by atoms with Gasteiger partial charge in [-0.25, -0.2) is 4.79 Å². The summed E-state index contributed by atoms with van der Waals surface area (Å²) in [5, 5.41) is 2.46. The molecule has 0 bridgehead atoms. The number of hydrogen-bond acceptors (Lipinski definition) is 3. The summed E-state index contributed by atoms with van der Waals surface area (Å²) in [6.45, 7) is 3.87. The summed E-state index contributed by atoms with van der Waals surface area (Å²) >= 11 is 1.43. The molecule has 0 radical (unpaired) electrons. The van der Waals surface area contributed by atoms with Gasteiger partial charge < -0.3 is 0 Å². The molecule has 2 rings (SSSR count). The lowest BCUT2D eigenvalue weighted by Gasteiger charge is -2.12. The molecular formula is C10H12N2O2S. The van der Waals surface area contributed by atoms with Crippen LogP contribution in [0.15, 0.2) is 21.0 Å². The Morgan fingerprint density at radius 3 is 2.60 bits per heavy atom. The van der Waals surface area contributed by atoms with Crippen LogP contribution in [0, 0.1) is 0 Å². The first kappa shape index (κ1) is 10.2. The van der Waals surface area contributed by atoms with E-state index in [1.807, 2.05) is 19.2 Å². The zero-order valence-electron chi connectivity index (χ0n) is 8.85. The van der Waals surface area contributed by atoms with Gasteiger partial charge in [0.15, 0.2) is 0 Å². The quantitative estimate of drug-likeness (QED) is 0.733. The van der Waals surface area contributed by atoms with Gasteiger partial charge in [0.2, 0.25) is 0 Å². The maximum Gasteiger partial charge on any atom is 0.332 e. The fourth-order valence-electron chi connectivity index (χ4n) is 1.62. The van der Waals surface area contributed by atoms with E-state index < -0.39 is 0 Å². The molecule has 0 spiro atoms. The van der Waals surface area contributed by atoms with Gasteiger partial charge in [-0.1, -0.05) is 0 Å².